The summed E-state index contributed by atoms with van der Waals surface area (Å²) >= 11 is 0. The standard InChI is InChI=1S/C14H27NO5S.C13H25NO3/c1-14(2,3)20-13(16)15-9-7-12(8-10-15)6-5-11-19-21(4,17)18;1-13(2,3)17-12(16)14-8-6-11(7-9-14)5-4-10-15/h12H,5-11H2,1-4H3;11,15H,4-10H2,1-3H3. The first-order chi connectivity index (χ1) is 17.5. The molecule has 0 atom stereocenters. The van der Waals surface area contributed by atoms with Crippen LogP contribution < -0.4 is 0 Å². The van der Waals surface area contributed by atoms with Gasteiger partial charge in [-0.1, -0.05) is 0 Å². The lowest BCUT2D eigenvalue weighted by molar-refractivity contribution is 0.0169. The van der Waals surface area contributed by atoms with Gasteiger partial charge >= 0.3 is 12.2 Å². The topological polar surface area (TPSA) is 123 Å². The Bertz CT molecular complexity index is 804. The van der Waals surface area contributed by atoms with Gasteiger partial charge in [-0.25, -0.2) is 9.59 Å². The molecule has 2 amide bonds. The molecule has 1 N–H and O–H groups in total. The zero-order chi connectivity index (χ0) is 29.0. The molecular formula is C27H52N2O8S. The number of nitrogens with zero attached hydrogens (tertiary/aromatic N) is 2. The molecule has 0 aromatic rings. The number of rotatable bonds is 8. The van der Waals surface area contributed by atoms with Crippen molar-refractivity contribution in [3.63, 3.8) is 0 Å². The van der Waals surface area contributed by atoms with Crippen molar-refractivity contribution in [1.82, 2.24) is 9.80 Å². The summed E-state index contributed by atoms with van der Waals surface area (Å²) in [5.74, 6) is 1.17. The van der Waals surface area contributed by atoms with Gasteiger partial charge in [-0.3, -0.25) is 4.18 Å². The van der Waals surface area contributed by atoms with Crippen molar-refractivity contribution in [3.8, 4) is 0 Å². The van der Waals surface area contributed by atoms with Crippen molar-refractivity contribution in [3.05, 3.63) is 0 Å². The van der Waals surface area contributed by atoms with Crippen LogP contribution in [-0.2, 0) is 23.8 Å². The van der Waals surface area contributed by atoms with Gasteiger partial charge in [0.1, 0.15) is 11.2 Å². The monoisotopic (exact) mass is 564 g/mol. The molecule has 0 aliphatic carbocycles. The lowest BCUT2D eigenvalue weighted by Gasteiger charge is -2.33. The Balaban J connectivity index is 0.000000389. The van der Waals surface area contributed by atoms with Crippen LogP contribution in [0.4, 0.5) is 9.59 Å². The Labute approximate surface area is 230 Å². The number of carbonyl (C=O) groups is 2. The molecule has 0 aromatic carbocycles. The van der Waals surface area contributed by atoms with Crippen LogP contribution in [-0.4, -0.2) is 92.4 Å². The summed E-state index contributed by atoms with van der Waals surface area (Å²) in [5, 5.41) is 8.78. The zero-order valence-corrected chi connectivity index (χ0v) is 25.5. The summed E-state index contributed by atoms with van der Waals surface area (Å²) in [6, 6.07) is 0. The third-order valence-electron chi connectivity index (χ3n) is 6.36. The first kappa shape index (κ1) is 34.4. The molecule has 0 unspecified atom stereocenters. The van der Waals surface area contributed by atoms with Gasteiger partial charge in [0.15, 0.2) is 0 Å². The highest BCUT2D eigenvalue weighted by molar-refractivity contribution is 7.85. The number of hydrogen-bond donors (Lipinski definition) is 1. The van der Waals surface area contributed by atoms with Crippen molar-refractivity contribution in [2.45, 2.75) is 104 Å². The van der Waals surface area contributed by atoms with Crippen molar-refractivity contribution < 1.29 is 36.8 Å². The Kier molecular flexibility index (Phi) is 14.4. The van der Waals surface area contributed by atoms with E-state index in [4.69, 9.17) is 18.8 Å². The molecule has 0 spiro atoms. The van der Waals surface area contributed by atoms with E-state index < -0.39 is 21.3 Å². The number of aliphatic hydroxyl groups is 1. The van der Waals surface area contributed by atoms with E-state index in [-0.39, 0.29) is 25.4 Å². The molecule has 224 valence electrons. The van der Waals surface area contributed by atoms with Crippen LogP contribution in [0.15, 0.2) is 0 Å². The van der Waals surface area contributed by atoms with Crippen LogP contribution in [0.5, 0.6) is 0 Å². The van der Waals surface area contributed by atoms with Gasteiger partial charge in [0.25, 0.3) is 10.1 Å². The fraction of sp³-hybridized carbons (Fsp3) is 0.926. The SMILES string of the molecule is CC(C)(C)OC(=O)N1CCC(CCCO)CC1.CC(C)(C)OC(=O)N1CCC(CCCOS(C)(=O)=O)CC1. The molecule has 2 heterocycles. The van der Waals surface area contributed by atoms with E-state index in [1.807, 2.05) is 41.5 Å². The number of ether oxygens (including phenoxy) is 2. The molecule has 2 fully saturated rings. The lowest BCUT2D eigenvalue weighted by Crippen LogP contribution is -2.41. The Morgan fingerprint density at radius 3 is 1.45 bits per heavy atom. The molecule has 2 aliphatic heterocycles. The molecular weight excluding hydrogens is 512 g/mol. The van der Waals surface area contributed by atoms with E-state index >= 15 is 0 Å². The Hall–Kier alpha value is -1.59. The van der Waals surface area contributed by atoms with Gasteiger partial charge in [0.2, 0.25) is 0 Å². The normalized spacial score (nSPS) is 18.0. The minimum absolute atomic E-state index is 0.196. The lowest BCUT2D eigenvalue weighted by atomic mass is 9.92. The van der Waals surface area contributed by atoms with Crippen LogP contribution in [0.2, 0.25) is 0 Å². The smallest absolute Gasteiger partial charge is 0.410 e. The number of piperidine rings is 2. The summed E-state index contributed by atoms with van der Waals surface area (Å²) < 4.78 is 37.1. The summed E-state index contributed by atoms with van der Waals surface area (Å²) in [7, 11) is -3.33. The third-order valence-corrected chi connectivity index (χ3v) is 6.95. The van der Waals surface area contributed by atoms with Crippen molar-refractivity contribution >= 4 is 22.3 Å². The molecule has 0 aromatic heterocycles. The maximum atomic E-state index is 11.9. The van der Waals surface area contributed by atoms with Crippen molar-refractivity contribution in [2.24, 2.45) is 11.8 Å². The predicted octanol–water partition coefficient (Wildman–Crippen LogP) is 4.80. The van der Waals surface area contributed by atoms with Gasteiger partial charge in [0, 0.05) is 32.8 Å². The fourth-order valence-corrected chi connectivity index (χ4v) is 4.84. The number of amides is 2. The first-order valence-corrected chi connectivity index (χ1v) is 15.7. The van der Waals surface area contributed by atoms with Crippen LogP contribution in [0.1, 0.15) is 92.9 Å². The summed E-state index contributed by atoms with van der Waals surface area (Å²) in [4.78, 5) is 27.2. The van der Waals surface area contributed by atoms with E-state index in [1.54, 1.807) is 9.80 Å². The summed E-state index contributed by atoms with van der Waals surface area (Å²) in [5.41, 5.74) is -0.873. The highest BCUT2D eigenvalue weighted by Gasteiger charge is 2.27. The van der Waals surface area contributed by atoms with E-state index in [1.165, 1.54) is 0 Å². The van der Waals surface area contributed by atoms with Crippen LogP contribution in [0, 0.1) is 11.8 Å². The Morgan fingerprint density at radius 2 is 1.13 bits per heavy atom. The van der Waals surface area contributed by atoms with Crippen molar-refractivity contribution in [1.29, 1.82) is 0 Å². The largest absolute Gasteiger partial charge is 0.444 e. The van der Waals surface area contributed by atoms with Gasteiger partial charge < -0.3 is 24.4 Å². The molecule has 0 radical (unpaired) electrons. The molecule has 2 rings (SSSR count). The third kappa shape index (κ3) is 16.4. The quantitative estimate of drug-likeness (QED) is 0.330. The minimum Gasteiger partial charge on any atom is -0.444 e. The molecule has 2 saturated heterocycles. The predicted molar refractivity (Wildman–Crippen MR) is 147 cm³/mol. The minimum atomic E-state index is -3.33. The molecule has 10 nitrogen and oxygen atoms in total. The number of aliphatic hydroxyl groups excluding tert-OH is 1. The van der Waals surface area contributed by atoms with Crippen LogP contribution in [0.3, 0.4) is 0 Å². The van der Waals surface area contributed by atoms with E-state index in [0.29, 0.717) is 24.9 Å². The van der Waals surface area contributed by atoms with E-state index in [2.05, 4.69) is 0 Å². The average Bonchev–Trinajstić information content (AvgIpc) is 2.79. The van der Waals surface area contributed by atoms with E-state index in [9.17, 15) is 18.0 Å². The highest BCUT2D eigenvalue weighted by atomic mass is 32.2. The van der Waals surface area contributed by atoms with Crippen LogP contribution in [0.25, 0.3) is 0 Å². The first-order valence-electron chi connectivity index (χ1n) is 13.9. The molecule has 2 aliphatic rings. The molecule has 11 heteroatoms. The molecule has 38 heavy (non-hydrogen) atoms. The second-order valence-electron chi connectivity index (χ2n) is 12.4. The zero-order valence-electron chi connectivity index (χ0n) is 24.7. The summed E-state index contributed by atoms with van der Waals surface area (Å²) in [6.07, 6.45) is 8.12. The maximum absolute atomic E-state index is 11.9. The Morgan fingerprint density at radius 1 is 0.763 bits per heavy atom. The second-order valence-corrected chi connectivity index (χ2v) is 14.0. The van der Waals surface area contributed by atoms with E-state index in [0.717, 1.165) is 70.7 Å². The second kappa shape index (κ2) is 15.9. The van der Waals surface area contributed by atoms with Crippen molar-refractivity contribution in [2.75, 3.05) is 45.6 Å². The van der Waals surface area contributed by atoms with Crippen LogP contribution >= 0.6 is 0 Å². The summed E-state index contributed by atoms with van der Waals surface area (Å²) in [6.45, 7) is 14.7. The average molecular weight is 565 g/mol. The fourth-order valence-electron chi connectivity index (χ4n) is 4.42. The maximum Gasteiger partial charge on any atom is 0.410 e. The highest BCUT2D eigenvalue weighted by Crippen LogP contribution is 2.24. The number of likely N-dealkylation sites (tertiary alicyclic amines) is 2. The van der Waals surface area contributed by atoms with Gasteiger partial charge in [-0.15, -0.1) is 0 Å². The molecule has 0 bridgehead atoms. The number of hydrogen-bond acceptors (Lipinski definition) is 8. The van der Waals surface area contributed by atoms with Gasteiger partial charge in [-0.05, 0) is 105 Å². The number of carbonyl (C=O) groups excluding carboxylic acids is 2. The molecule has 0 saturated carbocycles. The van der Waals surface area contributed by atoms with Gasteiger partial charge in [-0.2, -0.15) is 8.42 Å². The van der Waals surface area contributed by atoms with Gasteiger partial charge in [0.05, 0.1) is 12.9 Å².